The monoisotopic (exact) mass is 627 g/mol. The number of rotatable bonds is 13. The van der Waals surface area contributed by atoms with Crippen LogP contribution in [-0.2, 0) is 32.3 Å². The van der Waals surface area contributed by atoms with E-state index in [-0.39, 0.29) is 35.5 Å². The van der Waals surface area contributed by atoms with Crippen molar-refractivity contribution in [2.45, 2.75) is 56.7 Å². The third kappa shape index (κ3) is 5.92. The van der Waals surface area contributed by atoms with Gasteiger partial charge in [0, 0.05) is 35.4 Å². The molecule has 3 aromatic rings. The second kappa shape index (κ2) is 12.3. The molecule has 3 aliphatic rings. The summed E-state index contributed by atoms with van der Waals surface area (Å²) in [5.74, 6) is -2.14. The molecule has 1 saturated carbocycles. The summed E-state index contributed by atoms with van der Waals surface area (Å²) in [5.41, 5.74) is 7.62. The number of amides is 2. The Balaban J connectivity index is 1.17. The number of imidazole rings is 1. The largest absolute Gasteiger partial charge is 0.477 e. The number of fused-ring (bicyclic) bond motifs is 2. The van der Waals surface area contributed by atoms with Crippen LogP contribution in [0.25, 0.3) is 11.2 Å². The van der Waals surface area contributed by atoms with Crippen molar-refractivity contribution < 1.29 is 28.9 Å². The van der Waals surface area contributed by atoms with Crippen molar-refractivity contribution in [2.75, 3.05) is 24.6 Å². The van der Waals surface area contributed by atoms with Gasteiger partial charge in [0.15, 0.2) is 5.13 Å². The van der Waals surface area contributed by atoms with E-state index in [1.165, 1.54) is 29.5 Å². The number of carbonyl (C=O) groups is 3. The van der Waals surface area contributed by atoms with Crippen LogP contribution in [0.15, 0.2) is 41.1 Å². The zero-order valence-corrected chi connectivity index (χ0v) is 24.9. The van der Waals surface area contributed by atoms with Crippen LogP contribution < -0.4 is 20.9 Å². The Morgan fingerprint density at radius 2 is 2.19 bits per heavy atom. The number of aliphatic carboxylic acids is 1. The number of oxime groups is 1. The number of pyridine rings is 1. The third-order valence-corrected chi connectivity index (χ3v) is 9.17. The lowest BCUT2D eigenvalue weighted by molar-refractivity contribution is -0.664. The maximum Gasteiger partial charge on any atom is 0.352 e. The van der Waals surface area contributed by atoms with Crippen molar-refractivity contribution in [3.05, 3.63) is 41.8 Å². The van der Waals surface area contributed by atoms with E-state index in [9.17, 15) is 19.5 Å². The van der Waals surface area contributed by atoms with Gasteiger partial charge < -0.3 is 30.9 Å². The van der Waals surface area contributed by atoms with E-state index in [0.717, 1.165) is 42.2 Å². The first-order chi connectivity index (χ1) is 20.9. The van der Waals surface area contributed by atoms with Gasteiger partial charge in [0.1, 0.15) is 35.8 Å². The number of aromatic nitrogens is 5. The van der Waals surface area contributed by atoms with E-state index in [1.54, 1.807) is 13.3 Å². The Labute approximate surface area is 254 Å². The number of anilines is 1. The minimum absolute atomic E-state index is 0.0228. The predicted octanol–water partition coefficient (Wildman–Crippen LogP) is 0.0790. The van der Waals surface area contributed by atoms with Gasteiger partial charge in [0.25, 0.3) is 11.8 Å². The van der Waals surface area contributed by atoms with Gasteiger partial charge in [-0.25, -0.2) is 9.36 Å². The summed E-state index contributed by atoms with van der Waals surface area (Å²) in [4.78, 5) is 53.7. The molecule has 2 amide bonds. The van der Waals surface area contributed by atoms with Crippen molar-refractivity contribution in [1.82, 2.24) is 34.4 Å². The van der Waals surface area contributed by atoms with Crippen LogP contribution in [0.5, 0.6) is 0 Å². The van der Waals surface area contributed by atoms with Crippen molar-refractivity contribution in [2.24, 2.45) is 5.16 Å². The Morgan fingerprint density at radius 1 is 1.35 bits per heavy atom. The Morgan fingerprint density at radius 3 is 2.91 bits per heavy atom. The van der Waals surface area contributed by atoms with Crippen molar-refractivity contribution in [3.63, 3.8) is 0 Å². The standard InChI is InChI=1S/C26H30N10O5S2/c1-2-41-32-17(20-31-26(27)43-33-20)22(37)30-18-23(38)36-19(25(39)40)14(12-42-24(18)36)11-34-9-3-5-16-21(34)29-13-35(16)10-4-8-28-15-6-7-15/h3,5,9,13,15,18,24,28H,2,4,6-8,10-12H2,1H3,(H3-,27,30,31,33,37,39,40)/p+1/b32-17-. The fraction of sp³-hybridized carbons (Fsp3) is 0.462. The molecule has 17 heteroatoms. The molecule has 2 aliphatic heterocycles. The number of β-lactam (4-membered cyclic amide) rings is 1. The number of aryl methyl sites for hydroxylation is 1. The fourth-order valence-corrected chi connectivity index (χ4v) is 6.86. The van der Waals surface area contributed by atoms with Crippen LogP contribution in [0.1, 0.15) is 32.0 Å². The first-order valence-electron chi connectivity index (χ1n) is 13.9. The number of thioether (sulfide) groups is 1. The number of nitrogens with zero attached hydrogens (tertiary/aromatic N) is 7. The summed E-state index contributed by atoms with van der Waals surface area (Å²) in [7, 11) is 0. The van der Waals surface area contributed by atoms with Gasteiger partial charge >= 0.3 is 11.6 Å². The molecule has 2 atom stereocenters. The smallest absolute Gasteiger partial charge is 0.352 e. The highest BCUT2D eigenvalue weighted by Crippen LogP contribution is 2.40. The average molecular weight is 628 g/mol. The molecule has 226 valence electrons. The topological polar surface area (TPSA) is 194 Å². The molecular formula is C26H31N10O5S2+. The summed E-state index contributed by atoms with van der Waals surface area (Å²) in [5, 5.41) is 19.7. The molecular weight excluding hydrogens is 596 g/mol. The van der Waals surface area contributed by atoms with Crippen LogP contribution in [0, 0.1) is 0 Å². The fourth-order valence-electron chi connectivity index (χ4n) is 5.09. The summed E-state index contributed by atoms with van der Waals surface area (Å²) < 4.78 is 8.02. The van der Waals surface area contributed by atoms with Crippen molar-refractivity contribution in [1.29, 1.82) is 0 Å². The van der Waals surface area contributed by atoms with Gasteiger partial charge in [-0.15, -0.1) is 11.8 Å². The molecule has 0 spiro atoms. The van der Waals surface area contributed by atoms with E-state index in [1.807, 2.05) is 22.9 Å². The number of nitrogen functional groups attached to an aromatic ring is 1. The van der Waals surface area contributed by atoms with Crippen LogP contribution in [-0.4, -0.2) is 88.8 Å². The van der Waals surface area contributed by atoms with Crippen LogP contribution in [0.3, 0.4) is 0 Å². The van der Waals surface area contributed by atoms with Gasteiger partial charge in [-0.3, -0.25) is 14.5 Å². The van der Waals surface area contributed by atoms with E-state index in [2.05, 4.69) is 34.7 Å². The molecule has 2 unspecified atom stereocenters. The van der Waals surface area contributed by atoms with Crippen LogP contribution in [0.4, 0.5) is 5.13 Å². The highest BCUT2D eigenvalue weighted by molar-refractivity contribution is 8.00. The van der Waals surface area contributed by atoms with Gasteiger partial charge in [-0.1, -0.05) is 5.16 Å². The highest BCUT2D eigenvalue weighted by Gasteiger charge is 2.54. The zero-order valence-electron chi connectivity index (χ0n) is 23.3. The summed E-state index contributed by atoms with van der Waals surface area (Å²) in [6, 6.07) is 3.62. The molecule has 0 aromatic carbocycles. The molecule has 0 radical (unpaired) electrons. The Kier molecular flexibility index (Phi) is 8.27. The molecule has 43 heavy (non-hydrogen) atoms. The van der Waals surface area contributed by atoms with Gasteiger partial charge in [-0.2, -0.15) is 9.36 Å². The first kappa shape index (κ1) is 29.0. The molecule has 15 nitrogen and oxygen atoms in total. The van der Waals surface area contributed by atoms with Gasteiger partial charge in [0.05, 0.1) is 6.20 Å². The lowest BCUT2D eigenvalue weighted by Crippen LogP contribution is -2.71. The van der Waals surface area contributed by atoms with E-state index in [0.29, 0.717) is 17.4 Å². The number of nitrogens with two attached hydrogens (primary N) is 1. The number of hydrogen-bond acceptors (Lipinski definition) is 12. The summed E-state index contributed by atoms with van der Waals surface area (Å²) in [6.07, 6.45) is 7.15. The number of hydrogen-bond donors (Lipinski definition) is 4. The molecule has 2 fully saturated rings. The summed E-state index contributed by atoms with van der Waals surface area (Å²) in [6.45, 7) is 3.92. The molecule has 5 N–H and O–H groups in total. The Bertz CT molecular complexity index is 1630. The van der Waals surface area contributed by atoms with Gasteiger partial charge in [-0.05, 0) is 49.8 Å². The third-order valence-electron chi connectivity index (χ3n) is 7.29. The number of carboxylic acids is 1. The predicted molar refractivity (Wildman–Crippen MR) is 158 cm³/mol. The number of nitrogens with one attached hydrogen (secondary N) is 2. The zero-order chi connectivity index (χ0) is 30.1. The normalized spacial score (nSPS) is 20.3. The number of carbonyl (C=O) groups excluding carboxylic acids is 2. The molecule has 1 saturated heterocycles. The molecule has 0 bridgehead atoms. The SMILES string of the molecule is CCO/N=C(\C(=O)NC1C(=O)N2C(C(=O)O)=C(C[n+]3cccc4c3ncn4CCCNC3CC3)CSC12)c1nsc(N)n1. The lowest BCUT2D eigenvalue weighted by atomic mass is 10.0. The minimum Gasteiger partial charge on any atom is -0.477 e. The van der Waals surface area contributed by atoms with Gasteiger partial charge in [0.2, 0.25) is 17.9 Å². The maximum atomic E-state index is 13.3. The minimum atomic E-state index is -1.21. The molecule has 5 heterocycles. The van der Waals surface area contributed by atoms with Crippen LogP contribution >= 0.6 is 23.3 Å². The average Bonchev–Trinajstić information content (AvgIpc) is 3.58. The second-order valence-electron chi connectivity index (χ2n) is 10.3. The molecule has 6 rings (SSSR count). The quantitative estimate of drug-likeness (QED) is 0.0659. The number of carboxylic acid groups (broad SMARTS) is 1. The van der Waals surface area contributed by atoms with E-state index in [4.69, 9.17) is 10.6 Å². The molecule has 1 aliphatic carbocycles. The van der Waals surface area contributed by atoms with E-state index >= 15 is 0 Å². The van der Waals surface area contributed by atoms with E-state index < -0.39 is 29.2 Å². The van der Waals surface area contributed by atoms with Crippen molar-refractivity contribution >= 4 is 63.1 Å². The highest BCUT2D eigenvalue weighted by atomic mass is 32.2. The van der Waals surface area contributed by atoms with Crippen LogP contribution in [0.2, 0.25) is 0 Å². The second-order valence-corrected chi connectivity index (χ2v) is 12.2. The summed E-state index contributed by atoms with van der Waals surface area (Å²) >= 11 is 2.27. The lowest BCUT2D eigenvalue weighted by Gasteiger charge is -2.49. The van der Waals surface area contributed by atoms with Crippen molar-refractivity contribution in [3.8, 4) is 0 Å². The Hall–Kier alpha value is -4.09. The maximum absolute atomic E-state index is 13.3. The first-order valence-corrected chi connectivity index (χ1v) is 15.7. The molecule has 3 aromatic heterocycles.